The van der Waals surface area contributed by atoms with Gasteiger partial charge in [-0.1, -0.05) is 31.2 Å². The predicted molar refractivity (Wildman–Crippen MR) is 119 cm³/mol. The molecule has 2 aliphatic heterocycles. The van der Waals surface area contributed by atoms with E-state index in [4.69, 9.17) is 0 Å². The predicted octanol–water partition coefficient (Wildman–Crippen LogP) is -2.33. The van der Waals surface area contributed by atoms with E-state index in [1.54, 1.807) is 0 Å². The molecule has 0 amide bonds. The fourth-order valence-corrected chi connectivity index (χ4v) is 5.64. The summed E-state index contributed by atoms with van der Waals surface area (Å²) < 4.78 is 0. The zero-order valence-electron chi connectivity index (χ0n) is 19.6. The quantitative estimate of drug-likeness (QED) is 0.328. The van der Waals surface area contributed by atoms with Crippen LogP contribution in [0.5, 0.6) is 0 Å². The van der Waals surface area contributed by atoms with Crippen LogP contribution in [0.4, 0.5) is 11.4 Å². The standard InChI is InChI=1S/C26H34N2.2HI/c1-18-16-24(2,3)27(7)22-14-13-19(15-20(18)22)26(6)17-25(4,5)28(8)23-12-10-9-11-21(23)26;;/h9-16H,17H2,1-8H3;2*1H. The Bertz CT molecular complexity index is 977. The van der Waals surface area contributed by atoms with Crippen LogP contribution in [-0.4, -0.2) is 25.2 Å². The molecule has 2 aromatic carbocycles. The van der Waals surface area contributed by atoms with Gasteiger partial charge in [0.15, 0.2) is 0 Å². The van der Waals surface area contributed by atoms with Crippen molar-refractivity contribution in [1.82, 2.24) is 0 Å². The summed E-state index contributed by atoms with van der Waals surface area (Å²) in [4.78, 5) is 2.99. The largest absolute Gasteiger partial charge is 1.00 e. The summed E-state index contributed by atoms with van der Waals surface area (Å²) in [7, 11) is 4.61. The number of allylic oxidation sites excluding steroid dienone is 1. The zero-order chi connectivity index (χ0) is 20.5. The molecule has 2 aromatic rings. The molecule has 0 fully saturated rings. The third kappa shape index (κ3) is 3.90. The molecule has 2 N–H and O–H groups in total. The van der Waals surface area contributed by atoms with Gasteiger partial charge in [-0.25, -0.2) is 0 Å². The highest BCUT2D eigenvalue weighted by molar-refractivity contribution is 5.75. The van der Waals surface area contributed by atoms with Crippen LogP contribution in [0, 0.1) is 0 Å². The Balaban J connectivity index is 0.00000160. The molecule has 164 valence electrons. The number of likely N-dealkylation sites (N-methyl/N-ethyl adjacent to an activating group) is 1. The smallest absolute Gasteiger partial charge is 0.139 e. The summed E-state index contributed by atoms with van der Waals surface area (Å²) in [5.41, 5.74) is 8.94. The van der Waals surface area contributed by atoms with Crippen LogP contribution >= 0.6 is 0 Å². The summed E-state index contributed by atoms with van der Waals surface area (Å²) in [6, 6.07) is 16.3. The lowest BCUT2D eigenvalue weighted by atomic mass is 9.65. The van der Waals surface area contributed by atoms with Gasteiger partial charge in [0.1, 0.15) is 16.9 Å². The summed E-state index contributed by atoms with van der Waals surface area (Å²) in [6.07, 6.45) is 3.58. The highest BCUT2D eigenvalue weighted by atomic mass is 127. The molecule has 0 aromatic heterocycles. The van der Waals surface area contributed by atoms with Crippen LogP contribution in [0.15, 0.2) is 48.5 Å². The third-order valence-corrected chi connectivity index (χ3v) is 7.77. The number of para-hydroxylation sites is 1. The van der Waals surface area contributed by atoms with Crippen LogP contribution in [0.3, 0.4) is 0 Å². The van der Waals surface area contributed by atoms with E-state index in [0.717, 1.165) is 6.42 Å². The summed E-state index contributed by atoms with van der Waals surface area (Å²) in [6.45, 7) is 14.2. The molecule has 3 atom stereocenters. The van der Waals surface area contributed by atoms with Crippen molar-refractivity contribution in [1.29, 1.82) is 0 Å². The fraction of sp³-hybridized carbons (Fsp3) is 0.462. The number of rotatable bonds is 1. The number of nitrogens with one attached hydrogen (secondary N) is 2. The molecule has 0 bridgehead atoms. The van der Waals surface area contributed by atoms with Gasteiger partial charge < -0.3 is 52.9 Å². The number of hydrogen-bond donors (Lipinski definition) is 2. The van der Waals surface area contributed by atoms with E-state index in [-0.39, 0.29) is 64.4 Å². The van der Waals surface area contributed by atoms with Gasteiger partial charge in [0.2, 0.25) is 0 Å². The summed E-state index contributed by atoms with van der Waals surface area (Å²) in [5.74, 6) is 0. The van der Waals surface area contributed by atoms with Crippen molar-refractivity contribution in [2.75, 3.05) is 14.1 Å². The normalized spacial score (nSPS) is 28.2. The minimum atomic E-state index is 0. The first kappa shape index (κ1) is 25.8. The molecule has 0 saturated carbocycles. The first-order valence-corrected chi connectivity index (χ1v) is 10.6. The molecule has 0 radical (unpaired) electrons. The van der Waals surface area contributed by atoms with Crippen LogP contribution in [-0.2, 0) is 5.41 Å². The van der Waals surface area contributed by atoms with Crippen molar-refractivity contribution in [3.63, 3.8) is 0 Å². The molecular weight excluding hydrogens is 594 g/mol. The molecule has 2 heterocycles. The van der Waals surface area contributed by atoms with Crippen LogP contribution < -0.4 is 57.8 Å². The van der Waals surface area contributed by atoms with Crippen LogP contribution in [0.25, 0.3) is 5.57 Å². The Labute approximate surface area is 217 Å². The van der Waals surface area contributed by atoms with E-state index in [0.29, 0.717) is 0 Å². The maximum atomic E-state index is 2.48. The minimum Gasteiger partial charge on any atom is -1.00 e. The van der Waals surface area contributed by atoms with Crippen molar-refractivity contribution in [2.24, 2.45) is 0 Å². The fourth-order valence-electron chi connectivity index (χ4n) is 5.64. The Kier molecular flexibility index (Phi) is 7.30. The number of quaternary nitrogens is 2. The number of fused-ring (bicyclic) bond motifs is 2. The van der Waals surface area contributed by atoms with E-state index in [2.05, 4.69) is 104 Å². The lowest BCUT2D eigenvalue weighted by molar-refractivity contribution is -0.870. The molecule has 3 unspecified atom stereocenters. The Morgan fingerprint density at radius 1 is 0.800 bits per heavy atom. The molecule has 2 nitrogen and oxygen atoms in total. The monoisotopic (exact) mass is 630 g/mol. The highest BCUT2D eigenvalue weighted by Crippen LogP contribution is 2.45. The lowest BCUT2D eigenvalue weighted by Gasteiger charge is -2.47. The van der Waals surface area contributed by atoms with Gasteiger partial charge >= 0.3 is 0 Å². The van der Waals surface area contributed by atoms with Crippen LogP contribution in [0.2, 0.25) is 0 Å². The average molecular weight is 630 g/mol. The number of halogens is 2. The van der Waals surface area contributed by atoms with Gasteiger partial charge in [-0.2, -0.15) is 0 Å². The van der Waals surface area contributed by atoms with Gasteiger partial charge in [-0.05, 0) is 64.0 Å². The molecule has 0 aliphatic carbocycles. The van der Waals surface area contributed by atoms with Crippen molar-refractivity contribution in [2.45, 2.75) is 64.5 Å². The van der Waals surface area contributed by atoms with E-state index in [9.17, 15) is 0 Å². The minimum absolute atomic E-state index is 0. The molecular formula is C26H36I2N2. The van der Waals surface area contributed by atoms with E-state index < -0.39 is 0 Å². The first-order valence-electron chi connectivity index (χ1n) is 10.6. The summed E-state index contributed by atoms with van der Waals surface area (Å²) >= 11 is 0. The second-order valence-electron chi connectivity index (χ2n) is 10.5. The SMILES string of the molecule is CC1=CC(C)(C)[NH+](C)c2ccc(C3(C)CC(C)(C)[NH+](C)c4ccccc43)cc21.[I-].[I-]. The van der Waals surface area contributed by atoms with Crippen molar-refractivity contribution in [3.8, 4) is 0 Å². The molecule has 2 aliphatic rings. The van der Waals surface area contributed by atoms with E-state index in [1.165, 1.54) is 43.4 Å². The first-order chi connectivity index (χ1) is 13.0. The topological polar surface area (TPSA) is 8.88 Å². The Morgan fingerprint density at radius 3 is 2.10 bits per heavy atom. The molecule has 4 heteroatoms. The van der Waals surface area contributed by atoms with Crippen molar-refractivity contribution >= 4 is 16.9 Å². The van der Waals surface area contributed by atoms with Crippen molar-refractivity contribution in [3.05, 3.63) is 65.2 Å². The molecule has 0 spiro atoms. The number of hydrogen-bond acceptors (Lipinski definition) is 0. The van der Waals surface area contributed by atoms with Crippen molar-refractivity contribution < 1.29 is 57.8 Å². The van der Waals surface area contributed by atoms with E-state index >= 15 is 0 Å². The third-order valence-electron chi connectivity index (χ3n) is 7.77. The number of benzene rings is 2. The lowest BCUT2D eigenvalue weighted by Crippen LogP contribution is -3.14. The molecule has 4 rings (SSSR count). The Hall–Kier alpha value is -0.440. The second-order valence-corrected chi connectivity index (χ2v) is 10.5. The van der Waals surface area contributed by atoms with Gasteiger partial charge in [-0.15, -0.1) is 0 Å². The molecule has 30 heavy (non-hydrogen) atoms. The van der Waals surface area contributed by atoms with Gasteiger partial charge in [0.05, 0.1) is 19.6 Å². The second kappa shape index (κ2) is 8.49. The molecule has 0 saturated heterocycles. The van der Waals surface area contributed by atoms with Gasteiger partial charge in [0.25, 0.3) is 0 Å². The van der Waals surface area contributed by atoms with Gasteiger partial charge in [0, 0.05) is 29.0 Å². The highest BCUT2D eigenvalue weighted by Gasteiger charge is 2.48. The van der Waals surface area contributed by atoms with Gasteiger partial charge in [-0.3, -0.25) is 4.90 Å². The average Bonchev–Trinajstić information content (AvgIpc) is 2.63. The zero-order valence-corrected chi connectivity index (χ0v) is 23.9. The van der Waals surface area contributed by atoms with Crippen LogP contribution in [0.1, 0.15) is 64.7 Å². The Morgan fingerprint density at radius 2 is 1.43 bits per heavy atom. The maximum Gasteiger partial charge on any atom is 0.139 e. The van der Waals surface area contributed by atoms with E-state index in [1.807, 2.05) is 0 Å². The maximum absolute atomic E-state index is 2.48. The summed E-state index contributed by atoms with van der Waals surface area (Å²) in [5, 5.41) is 0.